The Hall–Kier alpha value is -1.30. The van der Waals surface area contributed by atoms with E-state index < -0.39 is 23.4 Å². The number of ether oxygens (including phenoxy) is 1. The molecular weight excluding hydrogens is 332 g/mol. The highest BCUT2D eigenvalue weighted by Gasteiger charge is 2.81. The van der Waals surface area contributed by atoms with Crippen molar-refractivity contribution in [2.75, 3.05) is 6.61 Å². The number of ketones is 2. The molecule has 5 nitrogen and oxygen atoms in total. The maximum atomic E-state index is 12.4. The second-order valence-corrected chi connectivity index (χ2v) is 9.36. The van der Waals surface area contributed by atoms with Gasteiger partial charge in [-0.3, -0.25) is 9.59 Å². The van der Waals surface area contributed by atoms with Gasteiger partial charge in [0.15, 0.2) is 11.6 Å². The van der Waals surface area contributed by atoms with Crippen LogP contribution in [-0.4, -0.2) is 45.7 Å². The van der Waals surface area contributed by atoms with Gasteiger partial charge in [0.1, 0.15) is 17.8 Å². The molecular formula is C21H26O5. The van der Waals surface area contributed by atoms with Gasteiger partial charge < -0.3 is 14.9 Å². The summed E-state index contributed by atoms with van der Waals surface area (Å²) in [6.07, 6.45) is 9.04. The molecule has 1 spiro atoms. The maximum Gasteiger partial charge on any atom is 0.190 e. The molecule has 0 bridgehead atoms. The van der Waals surface area contributed by atoms with Crippen molar-refractivity contribution in [2.24, 2.45) is 22.7 Å². The fourth-order valence-electron chi connectivity index (χ4n) is 7.24. The molecule has 0 amide bonds. The zero-order valence-electron chi connectivity index (χ0n) is 15.3. The molecule has 1 unspecified atom stereocenters. The van der Waals surface area contributed by atoms with Crippen LogP contribution in [0.25, 0.3) is 0 Å². The molecule has 5 heteroatoms. The summed E-state index contributed by atoms with van der Waals surface area (Å²) in [5.41, 5.74) is -1.45. The highest BCUT2D eigenvalue weighted by atomic mass is 16.6. The number of rotatable bonds is 2. The number of Topliss-reactive ketones (excluding diaryl/α,β-unsaturated/α-hetero) is 1. The van der Waals surface area contributed by atoms with Gasteiger partial charge in [-0.25, -0.2) is 0 Å². The molecule has 7 atom stereocenters. The molecule has 1 saturated heterocycles. The predicted octanol–water partition coefficient (Wildman–Crippen LogP) is 1.72. The average Bonchev–Trinajstić information content (AvgIpc) is 3.27. The lowest BCUT2D eigenvalue weighted by Gasteiger charge is -2.55. The molecule has 0 aromatic rings. The van der Waals surface area contributed by atoms with Gasteiger partial charge in [-0.05, 0) is 63.0 Å². The lowest BCUT2D eigenvalue weighted by molar-refractivity contribution is -0.159. The number of epoxide rings is 1. The first-order valence-electron chi connectivity index (χ1n) is 9.71. The molecule has 26 heavy (non-hydrogen) atoms. The minimum absolute atomic E-state index is 0.0172. The quantitative estimate of drug-likeness (QED) is 0.734. The first kappa shape index (κ1) is 16.8. The van der Waals surface area contributed by atoms with Gasteiger partial charge in [0.2, 0.25) is 0 Å². The topological polar surface area (TPSA) is 87.1 Å². The number of carbonyl (C=O) groups excluding carboxylic acids is 2. The number of aliphatic hydroxyl groups is 2. The van der Waals surface area contributed by atoms with Crippen LogP contribution in [0.15, 0.2) is 23.8 Å². The normalized spacial score (nSPS) is 53.9. The van der Waals surface area contributed by atoms with Crippen molar-refractivity contribution in [2.45, 2.75) is 63.3 Å². The number of aliphatic hydroxyl groups excluding tert-OH is 1. The third-order valence-electron chi connectivity index (χ3n) is 8.69. The van der Waals surface area contributed by atoms with Crippen LogP contribution in [0, 0.1) is 22.7 Å². The molecule has 5 rings (SSSR count). The molecule has 0 radical (unpaired) electrons. The molecule has 2 N–H and O–H groups in total. The second kappa shape index (κ2) is 4.75. The third kappa shape index (κ3) is 1.60. The first-order valence-corrected chi connectivity index (χ1v) is 9.71. The zero-order chi connectivity index (χ0) is 18.5. The Bertz CT molecular complexity index is 783. The van der Waals surface area contributed by atoms with Crippen molar-refractivity contribution in [3.8, 4) is 0 Å². The van der Waals surface area contributed by atoms with E-state index in [0.717, 1.165) is 24.8 Å². The summed E-state index contributed by atoms with van der Waals surface area (Å²) in [5.74, 6) is 0.0355. The molecule has 4 aliphatic carbocycles. The summed E-state index contributed by atoms with van der Waals surface area (Å²) >= 11 is 0. The average molecular weight is 358 g/mol. The van der Waals surface area contributed by atoms with Crippen molar-refractivity contribution in [1.29, 1.82) is 0 Å². The van der Waals surface area contributed by atoms with Gasteiger partial charge in [0.25, 0.3) is 0 Å². The van der Waals surface area contributed by atoms with Crippen molar-refractivity contribution in [3.63, 3.8) is 0 Å². The lowest BCUT2D eigenvalue weighted by atomic mass is 9.47. The Labute approximate surface area is 153 Å². The van der Waals surface area contributed by atoms with Crippen LogP contribution in [0.3, 0.4) is 0 Å². The van der Waals surface area contributed by atoms with Gasteiger partial charge in [0.05, 0.1) is 6.10 Å². The van der Waals surface area contributed by atoms with Gasteiger partial charge in [-0.2, -0.15) is 0 Å². The van der Waals surface area contributed by atoms with E-state index in [9.17, 15) is 19.8 Å². The van der Waals surface area contributed by atoms with Crippen LogP contribution >= 0.6 is 0 Å². The van der Waals surface area contributed by atoms with Crippen molar-refractivity contribution in [3.05, 3.63) is 23.8 Å². The Kier molecular flexibility index (Phi) is 3.08. The minimum atomic E-state index is -1.46. The highest BCUT2D eigenvalue weighted by molar-refractivity contribution is 6.01. The molecule has 3 saturated carbocycles. The number of fused-ring (bicyclic) bond motifs is 3. The minimum Gasteiger partial charge on any atom is -0.388 e. The monoisotopic (exact) mass is 358 g/mol. The van der Waals surface area contributed by atoms with E-state index in [1.54, 1.807) is 12.2 Å². The molecule has 4 fully saturated rings. The van der Waals surface area contributed by atoms with Crippen LogP contribution in [0.4, 0.5) is 0 Å². The van der Waals surface area contributed by atoms with E-state index in [2.05, 4.69) is 6.92 Å². The molecule has 5 aliphatic rings. The van der Waals surface area contributed by atoms with Crippen molar-refractivity contribution >= 4 is 11.6 Å². The largest absolute Gasteiger partial charge is 0.388 e. The standard InChI is InChI=1S/C21H26O5/c1-18-7-5-13(23)9-12(18)3-4-15-14-6-8-20(25,16(24)11-22)19(14,2)10-17-21(15,18)26-17/h5,7,9,14-15,17,22,25H,3-4,6,8,10-11H2,1-2H3/t14-,15-,17-,18-,19-,20?,21+/m0/s1. The van der Waals surface area contributed by atoms with Crippen LogP contribution in [-0.2, 0) is 14.3 Å². The molecule has 0 aromatic heterocycles. The predicted molar refractivity (Wildman–Crippen MR) is 93.2 cm³/mol. The van der Waals surface area contributed by atoms with Crippen LogP contribution in [0.1, 0.15) is 46.0 Å². The van der Waals surface area contributed by atoms with E-state index in [0.29, 0.717) is 12.8 Å². The number of hydrogen-bond donors (Lipinski definition) is 2. The first-order chi connectivity index (χ1) is 12.2. The number of carbonyl (C=O) groups is 2. The van der Waals surface area contributed by atoms with Gasteiger partial charge in [0, 0.05) is 10.8 Å². The van der Waals surface area contributed by atoms with Crippen molar-refractivity contribution < 1.29 is 24.5 Å². The molecule has 0 aromatic carbocycles. The SMILES string of the molecule is C[C@]12C[C@@H]3O[C@]34[C@@H](CCC3=CC(=O)C=C[C@@]34C)[C@@H]1CCC2(O)C(=O)CO. The van der Waals surface area contributed by atoms with E-state index in [4.69, 9.17) is 4.74 Å². The van der Waals surface area contributed by atoms with Gasteiger partial charge in [-0.15, -0.1) is 0 Å². The zero-order valence-corrected chi connectivity index (χ0v) is 15.3. The molecule has 140 valence electrons. The summed E-state index contributed by atoms with van der Waals surface area (Å²) in [5, 5.41) is 20.6. The molecule has 1 heterocycles. The molecule has 1 aliphatic heterocycles. The van der Waals surface area contributed by atoms with Gasteiger partial charge in [-0.1, -0.05) is 18.6 Å². The Balaban J connectivity index is 1.58. The third-order valence-corrected chi connectivity index (χ3v) is 8.69. The summed E-state index contributed by atoms with van der Waals surface area (Å²) in [7, 11) is 0. The van der Waals surface area contributed by atoms with Gasteiger partial charge >= 0.3 is 0 Å². The Morgan fingerprint density at radius 2 is 2.08 bits per heavy atom. The van der Waals surface area contributed by atoms with E-state index >= 15 is 0 Å². The van der Waals surface area contributed by atoms with Crippen LogP contribution < -0.4 is 0 Å². The highest BCUT2D eigenvalue weighted by Crippen LogP contribution is 2.75. The smallest absolute Gasteiger partial charge is 0.190 e. The van der Waals surface area contributed by atoms with E-state index in [-0.39, 0.29) is 34.7 Å². The number of hydrogen-bond acceptors (Lipinski definition) is 5. The maximum absolute atomic E-state index is 12.4. The second-order valence-electron chi connectivity index (χ2n) is 9.36. The van der Waals surface area contributed by atoms with Crippen LogP contribution in [0.2, 0.25) is 0 Å². The summed E-state index contributed by atoms with van der Waals surface area (Å²) in [6.45, 7) is 3.57. The van der Waals surface area contributed by atoms with E-state index in [1.807, 2.05) is 13.0 Å². The summed E-state index contributed by atoms with van der Waals surface area (Å²) < 4.78 is 6.40. The number of allylic oxidation sites excluding steroid dienone is 2. The van der Waals surface area contributed by atoms with E-state index in [1.165, 1.54) is 0 Å². The Morgan fingerprint density at radius 1 is 1.31 bits per heavy atom. The van der Waals surface area contributed by atoms with Crippen molar-refractivity contribution in [1.82, 2.24) is 0 Å². The van der Waals surface area contributed by atoms with Crippen LogP contribution in [0.5, 0.6) is 0 Å². The summed E-state index contributed by atoms with van der Waals surface area (Å²) in [6, 6.07) is 0. The summed E-state index contributed by atoms with van der Waals surface area (Å²) in [4.78, 5) is 24.3. The Morgan fingerprint density at radius 3 is 2.81 bits per heavy atom. The fourth-order valence-corrected chi connectivity index (χ4v) is 7.24. The fraction of sp³-hybridized carbons (Fsp3) is 0.714. The lowest BCUT2D eigenvalue weighted by Crippen LogP contribution is -2.61.